The molecule has 34 heavy (non-hydrogen) atoms. The minimum absolute atomic E-state index is 0.0382. The van der Waals surface area contributed by atoms with Gasteiger partial charge in [0.2, 0.25) is 5.90 Å². The summed E-state index contributed by atoms with van der Waals surface area (Å²) in [4.78, 5) is 27.1. The number of esters is 1. The summed E-state index contributed by atoms with van der Waals surface area (Å²) in [6, 6.07) is 15.7. The van der Waals surface area contributed by atoms with E-state index in [0.29, 0.717) is 11.3 Å². The molecule has 4 rings (SSSR count). The van der Waals surface area contributed by atoms with Gasteiger partial charge in [-0.3, -0.25) is 10.1 Å². The predicted octanol–water partition coefficient (Wildman–Crippen LogP) is 7.09. The molecule has 1 heterocycles. The van der Waals surface area contributed by atoms with Gasteiger partial charge < -0.3 is 9.47 Å². The first kappa shape index (κ1) is 25.5. The Morgan fingerprint density at radius 3 is 2.32 bits per heavy atom. The van der Waals surface area contributed by atoms with Crippen LogP contribution < -0.4 is 4.74 Å². The molecule has 1 aliphatic rings. The number of carbonyl (C=O) groups excluding carboxylic acids is 1. The standard InChI is InChI=1S/C23H12BrI3N2O5/c24-16-10-14(3-6-17(16)25)22-28-20(23(30)34-22)9-13-7-18(26)21(19(27)8-13)33-11-12-1-4-15(5-2-12)29(31)32/h1-10H,11H2/b20-9-. The number of cyclic esters (lactones) is 1. The number of aliphatic imine (C=N–C) groups is 1. The van der Waals surface area contributed by atoms with Gasteiger partial charge in [-0.05, 0) is 143 Å². The number of carbonyl (C=O) groups is 1. The number of nitro benzene ring substituents is 1. The second-order valence-electron chi connectivity index (χ2n) is 6.99. The molecule has 0 radical (unpaired) electrons. The number of hydrogen-bond donors (Lipinski definition) is 0. The average Bonchev–Trinajstić information content (AvgIpc) is 3.15. The number of rotatable bonds is 6. The molecule has 0 atom stereocenters. The van der Waals surface area contributed by atoms with E-state index >= 15 is 0 Å². The highest BCUT2D eigenvalue weighted by Gasteiger charge is 2.25. The zero-order chi connectivity index (χ0) is 24.4. The fourth-order valence-corrected chi connectivity index (χ4v) is 5.83. The van der Waals surface area contributed by atoms with E-state index in [1.807, 2.05) is 30.3 Å². The fraction of sp³-hybridized carbons (Fsp3) is 0.0435. The number of halogens is 4. The van der Waals surface area contributed by atoms with E-state index in [1.54, 1.807) is 18.2 Å². The highest BCUT2D eigenvalue weighted by molar-refractivity contribution is 14.1. The van der Waals surface area contributed by atoms with Crippen LogP contribution >= 0.6 is 83.7 Å². The van der Waals surface area contributed by atoms with E-state index in [1.165, 1.54) is 12.1 Å². The van der Waals surface area contributed by atoms with Gasteiger partial charge in [0.05, 0.1) is 12.1 Å². The van der Waals surface area contributed by atoms with Crippen molar-refractivity contribution in [1.82, 2.24) is 0 Å². The lowest BCUT2D eigenvalue weighted by Crippen LogP contribution is -2.05. The molecule has 0 saturated carbocycles. The molecular formula is C23H12BrI3N2O5. The van der Waals surface area contributed by atoms with E-state index < -0.39 is 10.9 Å². The van der Waals surface area contributed by atoms with Crippen molar-refractivity contribution in [2.75, 3.05) is 0 Å². The van der Waals surface area contributed by atoms with Crippen LogP contribution in [0.1, 0.15) is 16.7 Å². The van der Waals surface area contributed by atoms with Crippen molar-refractivity contribution in [2.24, 2.45) is 4.99 Å². The van der Waals surface area contributed by atoms with Gasteiger partial charge in [0.25, 0.3) is 5.69 Å². The Kier molecular flexibility index (Phi) is 8.24. The van der Waals surface area contributed by atoms with Crippen LogP contribution in [0.5, 0.6) is 5.75 Å². The lowest BCUT2D eigenvalue weighted by atomic mass is 10.2. The molecule has 3 aromatic carbocycles. The molecular weight excluding hydrogens is 845 g/mol. The van der Waals surface area contributed by atoms with Crippen molar-refractivity contribution in [2.45, 2.75) is 6.61 Å². The summed E-state index contributed by atoms with van der Waals surface area (Å²) < 4.78 is 15.0. The summed E-state index contributed by atoms with van der Waals surface area (Å²) in [7, 11) is 0. The van der Waals surface area contributed by atoms with Gasteiger partial charge >= 0.3 is 5.97 Å². The monoisotopic (exact) mass is 856 g/mol. The lowest BCUT2D eigenvalue weighted by molar-refractivity contribution is -0.384. The third-order valence-corrected chi connectivity index (χ3v) is 8.58. The molecule has 1 aliphatic heterocycles. The molecule has 0 amide bonds. The van der Waals surface area contributed by atoms with Crippen molar-refractivity contribution in [3.8, 4) is 5.75 Å². The van der Waals surface area contributed by atoms with Crippen LogP contribution in [0.2, 0.25) is 0 Å². The van der Waals surface area contributed by atoms with Crippen LogP contribution in [-0.4, -0.2) is 16.8 Å². The van der Waals surface area contributed by atoms with Crippen LogP contribution in [0, 0.1) is 20.8 Å². The topological polar surface area (TPSA) is 91.0 Å². The molecule has 3 aromatic rings. The lowest BCUT2D eigenvalue weighted by Gasteiger charge is -2.11. The van der Waals surface area contributed by atoms with Gasteiger partial charge in [0.15, 0.2) is 5.70 Å². The summed E-state index contributed by atoms with van der Waals surface area (Å²) in [6.07, 6.45) is 1.68. The van der Waals surface area contributed by atoms with Crippen molar-refractivity contribution in [3.63, 3.8) is 0 Å². The van der Waals surface area contributed by atoms with E-state index in [9.17, 15) is 14.9 Å². The van der Waals surface area contributed by atoms with Gasteiger partial charge in [-0.15, -0.1) is 0 Å². The number of nitro groups is 1. The number of non-ortho nitro benzene ring substituents is 1. The third-order valence-electron chi connectivity index (χ3n) is 4.64. The molecule has 7 nitrogen and oxygen atoms in total. The smallest absolute Gasteiger partial charge is 0.363 e. The van der Waals surface area contributed by atoms with E-state index in [4.69, 9.17) is 9.47 Å². The van der Waals surface area contributed by atoms with Crippen LogP contribution in [0.4, 0.5) is 5.69 Å². The Morgan fingerprint density at radius 1 is 1.03 bits per heavy atom. The molecule has 0 unspecified atom stereocenters. The van der Waals surface area contributed by atoms with E-state index in [-0.39, 0.29) is 23.9 Å². The zero-order valence-electron chi connectivity index (χ0n) is 16.9. The minimum atomic E-state index is -0.506. The summed E-state index contributed by atoms with van der Waals surface area (Å²) in [5.41, 5.74) is 2.58. The van der Waals surface area contributed by atoms with Crippen LogP contribution in [0.15, 0.2) is 69.8 Å². The molecule has 11 heteroatoms. The van der Waals surface area contributed by atoms with Crippen molar-refractivity contribution in [1.29, 1.82) is 0 Å². The predicted molar refractivity (Wildman–Crippen MR) is 157 cm³/mol. The van der Waals surface area contributed by atoms with Gasteiger partial charge in [-0.2, -0.15) is 0 Å². The normalized spacial score (nSPS) is 14.2. The molecule has 0 saturated heterocycles. The second kappa shape index (κ2) is 11.0. The van der Waals surface area contributed by atoms with Crippen LogP contribution in [0.25, 0.3) is 6.08 Å². The average molecular weight is 857 g/mol. The summed E-state index contributed by atoms with van der Waals surface area (Å²) in [5, 5.41) is 10.8. The first-order valence-corrected chi connectivity index (χ1v) is 13.6. The van der Waals surface area contributed by atoms with E-state index in [0.717, 1.165) is 26.3 Å². The molecule has 0 bridgehead atoms. The Hall–Kier alpha value is -1.59. The van der Waals surface area contributed by atoms with Gasteiger partial charge in [0.1, 0.15) is 12.4 Å². The number of nitrogens with zero attached hydrogens (tertiary/aromatic N) is 2. The quantitative estimate of drug-likeness (QED) is 0.0869. The molecule has 0 aromatic heterocycles. The summed E-state index contributed by atoms with van der Waals surface area (Å²) in [5.74, 6) is 0.456. The van der Waals surface area contributed by atoms with Gasteiger partial charge in [0, 0.05) is 25.7 Å². The largest absolute Gasteiger partial charge is 0.487 e. The summed E-state index contributed by atoms with van der Waals surface area (Å²) >= 11 is 10.0. The molecule has 172 valence electrons. The Bertz CT molecular complexity index is 1350. The highest BCUT2D eigenvalue weighted by atomic mass is 127. The molecule has 0 N–H and O–H groups in total. The highest BCUT2D eigenvalue weighted by Crippen LogP contribution is 2.31. The molecule has 0 fully saturated rings. The van der Waals surface area contributed by atoms with Crippen LogP contribution in [0.3, 0.4) is 0 Å². The third kappa shape index (κ3) is 5.96. The van der Waals surface area contributed by atoms with Crippen molar-refractivity contribution < 1.29 is 19.2 Å². The molecule has 0 spiro atoms. The Morgan fingerprint density at radius 2 is 1.71 bits per heavy atom. The van der Waals surface area contributed by atoms with Gasteiger partial charge in [-0.25, -0.2) is 9.79 Å². The zero-order valence-corrected chi connectivity index (χ0v) is 25.0. The number of ether oxygens (including phenoxy) is 2. The SMILES string of the molecule is O=C1OC(c2ccc(I)c(Br)c2)=N/C1=C\c1cc(I)c(OCc2ccc([N+](=O)[O-])cc2)c(I)c1. The minimum Gasteiger partial charge on any atom is -0.487 e. The maximum absolute atomic E-state index is 12.4. The maximum atomic E-state index is 12.4. The van der Waals surface area contributed by atoms with Crippen LogP contribution in [-0.2, 0) is 16.1 Å². The Labute approximate surface area is 243 Å². The first-order chi connectivity index (χ1) is 16.2. The second-order valence-corrected chi connectivity index (χ2v) is 11.3. The van der Waals surface area contributed by atoms with Crippen molar-refractivity contribution in [3.05, 3.63) is 102 Å². The Balaban J connectivity index is 1.53. The summed E-state index contributed by atoms with van der Waals surface area (Å²) in [6.45, 7) is 0.274. The number of hydrogen-bond acceptors (Lipinski definition) is 6. The first-order valence-electron chi connectivity index (χ1n) is 9.54. The van der Waals surface area contributed by atoms with Crippen molar-refractivity contribution >= 4 is 107 Å². The fourth-order valence-electron chi connectivity index (χ4n) is 2.99. The van der Waals surface area contributed by atoms with E-state index in [2.05, 4.69) is 88.7 Å². The van der Waals surface area contributed by atoms with Gasteiger partial charge in [-0.1, -0.05) is 0 Å². The molecule has 0 aliphatic carbocycles. The maximum Gasteiger partial charge on any atom is 0.363 e. The number of benzene rings is 3.